The summed E-state index contributed by atoms with van der Waals surface area (Å²) >= 11 is 0. The van der Waals surface area contributed by atoms with Crippen LogP contribution in [0.25, 0.3) is 16.9 Å². The van der Waals surface area contributed by atoms with E-state index in [0.29, 0.717) is 19.4 Å². The summed E-state index contributed by atoms with van der Waals surface area (Å²) in [6.45, 7) is 7.14. The maximum atomic E-state index is 14.0. The van der Waals surface area contributed by atoms with Crippen LogP contribution in [0.4, 0.5) is 0 Å². The summed E-state index contributed by atoms with van der Waals surface area (Å²) in [6.07, 6.45) is 8.52. The van der Waals surface area contributed by atoms with Gasteiger partial charge in [-0.25, -0.2) is 9.20 Å². The van der Waals surface area contributed by atoms with Crippen LogP contribution in [-0.2, 0) is 26.1 Å². The lowest BCUT2D eigenvalue weighted by molar-refractivity contribution is 0.410. The molecule has 3 heterocycles. The number of imidazole rings is 1. The van der Waals surface area contributed by atoms with Crippen LogP contribution in [0, 0.1) is 0 Å². The molecule has 4 rings (SSSR count). The topological polar surface area (TPSA) is 104 Å². The molecule has 39 heavy (non-hydrogen) atoms. The van der Waals surface area contributed by atoms with E-state index in [2.05, 4.69) is 6.92 Å². The minimum absolute atomic E-state index is 0.107. The van der Waals surface area contributed by atoms with Gasteiger partial charge in [-0.1, -0.05) is 89.6 Å². The lowest BCUT2D eigenvalue weighted by Gasteiger charge is -2.15. The molecule has 4 aromatic rings. The van der Waals surface area contributed by atoms with Gasteiger partial charge in [0.2, 0.25) is 11.7 Å². The maximum absolute atomic E-state index is 14.0. The Kier molecular flexibility index (Phi) is 9.43. The SMILES string of the molecule is CCCCCCCc1c(O)n(Cc2ccccc2)c2nc3c(c(=O)n(CCCC)c(=O)n3CCCC)n2c1=O. The highest BCUT2D eigenvalue weighted by molar-refractivity contribution is 5.75. The Balaban J connectivity index is 2.03. The molecule has 0 bridgehead atoms. The quantitative estimate of drug-likeness (QED) is 0.233. The van der Waals surface area contributed by atoms with Gasteiger partial charge in [0.15, 0.2) is 11.2 Å². The predicted molar refractivity (Wildman–Crippen MR) is 155 cm³/mol. The molecule has 0 unspecified atom stereocenters. The van der Waals surface area contributed by atoms with Gasteiger partial charge in [-0.15, -0.1) is 0 Å². The molecule has 0 amide bonds. The Hall–Kier alpha value is -3.62. The second-order valence-electron chi connectivity index (χ2n) is 10.4. The van der Waals surface area contributed by atoms with Crippen LogP contribution >= 0.6 is 0 Å². The Bertz CT molecular complexity index is 1590. The first-order valence-electron chi connectivity index (χ1n) is 14.5. The number of aromatic nitrogens is 5. The zero-order valence-electron chi connectivity index (χ0n) is 23.5. The van der Waals surface area contributed by atoms with Crippen molar-refractivity contribution in [3.05, 3.63) is 72.7 Å². The van der Waals surface area contributed by atoms with E-state index in [0.717, 1.165) is 56.9 Å². The third-order valence-electron chi connectivity index (χ3n) is 7.42. The highest BCUT2D eigenvalue weighted by Crippen LogP contribution is 2.23. The molecule has 0 saturated carbocycles. The molecule has 0 fully saturated rings. The molecule has 1 aromatic carbocycles. The molecular weight excluding hydrogens is 494 g/mol. The first-order valence-corrected chi connectivity index (χ1v) is 14.5. The minimum Gasteiger partial charge on any atom is -0.494 e. The van der Waals surface area contributed by atoms with Crippen LogP contribution in [0.5, 0.6) is 5.88 Å². The highest BCUT2D eigenvalue weighted by Gasteiger charge is 2.25. The normalized spacial score (nSPS) is 11.7. The standard InChI is InChI=1S/C30H41N5O4/c1-4-7-10-11-15-18-23-26(36)34(21-22-16-13-12-14-17-22)29-31-25-24(35(29)27(23)37)28(38)33(20-9-6-3)30(39)32(25)19-8-5-2/h12-14,16-17,36H,4-11,15,18-21H2,1-3H3. The molecule has 3 aromatic heterocycles. The van der Waals surface area contributed by atoms with Crippen molar-refractivity contribution < 1.29 is 5.11 Å². The Morgan fingerprint density at radius 3 is 2.05 bits per heavy atom. The van der Waals surface area contributed by atoms with E-state index in [9.17, 15) is 19.5 Å². The number of fused-ring (bicyclic) bond motifs is 3. The summed E-state index contributed by atoms with van der Waals surface area (Å²) in [7, 11) is 0. The van der Waals surface area contributed by atoms with Crippen LogP contribution in [0.15, 0.2) is 44.7 Å². The fourth-order valence-corrected chi connectivity index (χ4v) is 5.16. The number of benzene rings is 1. The van der Waals surface area contributed by atoms with Crippen molar-refractivity contribution in [3.63, 3.8) is 0 Å². The fraction of sp³-hybridized carbons (Fsp3) is 0.533. The van der Waals surface area contributed by atoms with Crippen LogP contribution in [-0.4, -0.2) is 28.2 Å². The number of hydrogen-bond acceptors (Lipinski definition) is 5. The van der Waals surface area contributed by atoms with E-state index >= 15 is 0 Å². The monoisotopic (exact) mass is 535 g/mol. The number of nitrogens with zero attached hydrogens (tertiary/aromatic N) is 5. The van der Waals surface area contributed by atoms with Crippen molar-refractivity contribution in [2.45, 2.75) is 105 Å². The van der Waals surface area contributed by atoms with Crippen molar-refractivity contribution in [1.29, 1.82) is 0 Å². The van der Waals surface area contributed by atoms with Crippen molar-refractivity contribution in [2.75, 3.05) is 0 Å². The first-order chi connectivity index (χ1) is 18.9. The summed E-state index contributed by atoms with van der Waals surface area (Å²) in [5, 5.41) is 11.4. The van der Waals surface area contributed by atoms with Crippen molar-refractivity contribution in [2.24, 2.45) is 0 Å². The summed E-state index contributed by atoms with van der Waals surface area (Å²) in [6, 6.07) is 9.63. The van der Waals surface area contributed by atoms with Gasteiger partial charge < -0.3 is 5.11 Å². The van der Waals surface area contributed by atoms with Gasteiger partial charge in [-0.3, -0.25) is 23.3 Å². The Morgan fingerprint density at radius 1 is 0.744 bits per heavy atom. The summed E-state index contributed by atoms with van der Waals surface area (Å²) in [5.41, 5.74) is 0.153. The second-order valence-corrected chi connectivity index (χ2v) is 10.4. The number of unbranched alkanes of at least 4 members (excludes halogenated alkanes) is 6. The van der Waals surface area contributed by atoms with Gasteiger partial charge in [-0.2, -0.15) is 4.98 Å². The van der Waals surface area contributed by atoms with E-state index in [4.69, 9.17) is 4.98 Å². The van der Waals surface area contributed by atoms with Crippen LogP contribution in [0.3, 0.4) is 0 Å². The number of hydrogen-bond donors (Lipinski definition) is 1. The second kappa shape index (κ2) is 13.0. The smallest absolute Gasteiger partial charge is 0.332 e. The van der Waals surface area contributed by atoms with Gasteiger partial charge in [-0.05, 0) is 31.2 Å². The van der Waals surface area contributed by atoms with Crippen LogP contribution in [0.1, 0.15) is 89.7 Å². The van der Waals surface area contributed by atoms with Gasteiger partial charge in [0.1, 0.15) is 0 Å². The summed E-state index contributed by atoms with van der Waals surface area (Å²) < 4.78 is 5.71. The van der Waals surface area contributed by atoms with Gasteiger partial charge in [0.25, 0.3) is 11.1 Å². The third-order valence-corrected chi connectivity index (χ3v) is 7.42. The maximum Gasteiger partial charge on any atom is 0.332 e. The molecule has 0 aliphatic carbocycles. The van der Waals surface area contributed by atoms with Gasteiger partial charge in [0, 0.05) is 13.1 Å². The fourth-order valence-electron chi connectivity index (χ4n) is 5.16. The van der Waals surface area contributed by atoms with Gasteiger partial charge >= 0.3 is 5.69 Å². The van der Waals surface area contributed by atoms with E-state index in [1.165, 1.54) is 13.5 Å². The molecule has 0 radical (unpaired) electrons. The van der Waals surface area contributed by atoms with Crippen molar-refractivity contribution in [1.82, 2.24) is 23.1 Å². The molecule has 0 atom stereocenters. The molecule has 210 valence electrons. The number of rotatable bonds is 14. The zero-order chi connectivity index (χ0) is 27.9. The third kappa shape index (κ3) is 5.72. The Morgan fingerprint density at radius 2 is 1.38 bits per heavy atom. The van der Waals surface area contributed by atoms with Crippen molar-refractivity contribution >= 4 is 16.9 Å². The molecular formula is C30H41N5O4. The van der Waals surface area contributed by atoms with Crippen molar-refractivity contribution in [3.8, 4) is 5.88 Å². The first kappa shape index (κ1) is 28.4. The number of aryl methyl sites for hydroxylation is 1. The lowest BCUT2D eigenvalue weighted by Crippen LogP contribution is -2.41. The van der Waals surface area contributed by atoms with E-state index in [1.807, 2.05) is 44.2 Å². The molecule has 0 saturated heterocycles. The molecule has 9 nitrogen and oxygen atoms in total. The minimum atomic E-state index is -0.508. The average Bonchev–Trinajstić information content (AvgIpc) is 3.34. The largest absolute Gasteiger partial charge is 0.494 e. The molecule has 0 aliphatic heterocycles. The van der Waals surface area contributed by atoms with E-state index in [-0.39, 0.29) is 41.5 Å². The molecule has 9 heteroatoms. The highest BCUT2D eigenvalue weighted by atomic mass is 16.3. The summed E-state index contributed by atoms with van der Waals surface area (Å²) in [4.78, 5) is 45.9. The summed E-state index contributed by atoms with van der Waals surface area (Å²) in [5.74, 6) is 0.0389. The van der Waals surface area contributed by atoms with Crippen LogP contribution in [0.2, 0.25) is 0 Å². The predicted octanol–water partition coefficient (Wildman–Crippen LogP) is 4.84. The van der Waals surface area contributed by atoms with E-state index < -0.39 is 16.8 Å². The van der Waals surface area contributed by atoms with Crippen LogP contribution < -0.4 is 16.8 Å². The van der Waals surface area contributed by atoms with E-state index in [1.54, 1.807) is 4.57 Å². The lowest BCUT2D eigenvalue weighted by atomic mass is 10.1. The van der Waals surface area contributed by atoms with Gasteiger partial charge in [0.05, 0.1) is 12.1 Å². The average molecular weight is 536 g/mol. The zero-order valence-corrected chi connectivity index (χ0v) is 23.5. The molecule has 1 N–H and O–H groups in total. The Labute approximate surface area is 228 Å². The molecule has 0 spiro atoms. The molecule has 0 aliphatic rings. The number of aromatic hydroxyl groups is 1.